The highest BCUT2D eigenvalue weighted by Crippen LogP contribution is 2.43. The molecular weight excluding hydrogens is 564 g/mol. The normalized spacial score (nSPS) is 23.3. The van der Waals surface area contributed by atoms with E-state index < -0.39 is 23.5 Å². The lowest BCUT2D eigenvalue weighted by molar-refractivity contribution is -0.143. The lowest BCUT2D eigenvalue weighted by Crippen LogP contribution is -2.58. The van der Waals surface area contributed by atoms with Crippen LogP contribution in [-0.4, -0.2) is 36.3 Å². The molecule has 5 atom stereocenters. The van der Waals surface area contributed by atoms with Crippen LogP contribution in [-0.2, 0) is 12.4 Å². The van der Waals surface area contributed by atoms with E-state index in [9.17, 15) is 26.3 Å². The first-order chi connectivity index (χ1) is 19.4. The highest BCUT2D eigenvalue weighted by Gasteiger charge is 2.43. The van der Waals surface area contributed by atoms with Crippen LogP contribution in [0.2, 0.25) is 0 Å². The van der Waals surface area contributed by atoms with Gasteiger partial charge in [-0.2, -0.15) is 26.3 Å². The van der Waals surface area contributed by atoms with Gasteiger partial charge in [-0.25, -0.2) is 0 Å². The number of methoxy groups -OCH3 is 1. The Bertz CT molecular complexity index is 1390. The Balaban J connectivity index is 1.51. The van der Waals surface area contributed by atoms with Crippen LogP contribution in [0.3, 0.4) is 0 Å². The van der Waals surface area contributed by atoms with Crippen LogP contribution in [0.15, 0.2) is 54.6 Å². The number of halogens is 6. The Morgan fingerprint density at radius 2 is 1.73 bits per heavy atom. The van der Waals surface area contributed by atoms with E-state index in [4.69, 9.17) is 17.0 Å². The molecule has 0 aliphatic carbocycles. The maximum absolute atomic E-state index is 13.4. The number of hydrogen-bond acceptors (Lipinski definition) is 3. The number of alkyl halides is 6. The summed E-state index contributed by atoms with van der Waals surface area (Å²) in [5.41, 5.74) is -2.27. The van der Waals surface area contributed by atoms with Crippen LogP contribution in [0.1, 0.15) is 48.9 Å². The predicted octanol–water partition coefficient (Wildman–Crippen LogP) is 8.03. The van der Waals surface area contributed by atoms with Crippen molar-refractivity contribution < 1.29 is 31.1 Å². The Morgan fingerprint density at radius 3 is 2.32 bits per heavy atom. The second-order valence-electron chi connectivity index (χ2n) is 10.8. The number of hydrogen-bond donors (Lipinski definition) is 2. The van der Waals surface area contributed by atoms with Gasteiger partial charge in [0.05, 0.1) is 24.3 Å². The van der Waals surface area contributed by atoms with Crippen molar-refractivity contribution in [3.8, 4) is 5.75 Å². The van der Waals surface area contributed by atoms with E-state index in [0.29, 0.717) is 29.7 Å². The summed E-state index contributed by atoms with van der Waals surface area (Å²) >= 11 is 5.53. The third kappa shape index (κ3) is 6.25. The minimum absolute atomic E-state index is 0.0281. The molecule has 6 rings (SSSR count). The van der Waals surface area contributed by atoms with Crippen LogP contribution in [0.4, 0.5) is 32.0 Å². The fourth-order valence-corrected chi connectivity index (χ4v) is 6.62. The van der Waals surface area contributed by atoms with E-state index in [1.165, 1.54) is 0 Å². The summed E-state index contributed by atoms with van der Waals surface area (Å²) in [6, 6.07) is 12.7. The van der Waals surface area contributed by atoms with Gasteiger partial charge in [-0.1, -0.05) is 37.6 Å². The summed E-state index contributed by atoms with van der Waals surface area (Å²) in [4.78, 5) is 2.43. The van der Waals surface area contributed by atoms with Crippen molar-refractivity contribution in [3.05, 3.63) is 71.3 Å². The van der Waals surface area contributed by atoms with Crippen molar-refractivity contribution in [2.24, 2.45) is 11.8 Å². The SMILES string of the molecule is CCC1CN2CCC1CC2[C@H](NC(=S)Nc1cc(C(F)(F)F)cc(C(F)(F)F)c1)c1cccc2ccc(OC)cc12. The summed E-state index contributed by atoms with van der Waals surface area (Å²) < 4.78 is 86.1. The highest BCUT2D eigenvalue weighted by molar-refractivity contribution is 7.80. The van der Waals surface area contributed by atoms with Crippen molar-refractivity contribution in [3.63, 3.8) is 0 Å². The molecule has 0 saturated carbocycles. The summed E-state index contributed by atoms with van der Waals surface area (Å²) in [5, 5.41) is 7.76. The van der Waals surface area contributed by atoms with Crippen LogP contribution in [0, 0.1) is 11.8 Å². The van der Waals surface area contributed by atoms with Crippen LogP contribution >= 0.6 is 12.2 Å². The molecule has 220 valence electrons. The summed E-state index contributed by atoms with van der Waals surface area (Å²) in [7, 11) is 1.58. The highest BCUT2D eigenvalue weighted by atomic mass is 32.1. The van der Waals surface area contributed by atoms with Gasteiger partial charge in [0, 0.05) is 18.3 Å². The summed E-state index contributed by atoms with van der Waals surface area (Å²) in [5.74, 6) is 1.79. The third-order valence-electron chi connectivity index (χ3n) is 8.44. The van der Waals surface area contributed by atoms with Gasteiger partial charge in [0.2, 0.25) is 0 Å². The predicted molar refractivity (Wildman–Crippen MR) is 151 cm³/mol. The molecule has 0 amide bonds. The topological polar surface area (TPSA) is 36.5 Å². The molecule has 11 heteroatoms. The molecule has 3 aromatic rings. The van der Waals surface area contributed by atoms with E-state index in [-0.39, 0.29) is 28.9 Å². The van der Waals surface area contributed by atoms with E-state index >= 15 is 0 Å². The molecule has 3 aliphatic heterocycles. The number of benzene rings is 3. The maximum atomic E-state index is 13.4. The summed E-state index contributed by atoms with van der Waals surface area (Å²) in [6.45, 7) is 4.04. The quantitative estimate of drug-likeness (QED) is 0.223. The second kappa shape index (κ2) is 11.3. The number of anilines is 1. The molecular formula is C30H31F6N3OS. The van der Waals surface area contributed by atoms with Gasteiger partial charge in [-0.15, -0.1) is 0 Å². The lowest BCUT2D eigenvalue weighted by Gasteiger charge is -2.52. The van der Waals surface area contributed by atoms with Crippen molar-refractivity contribution in [1.29, 1.82) is 0 Å². The zero-order valence-corrected chi connectivity index (χ0v) is 23.4. The number of fused-ring (bicyclic) bond motifs is 4. The van der Waals surface area contributed by atoms with Gasteiger partial charge in [0.15, 0.2) is 5.11 Å². The van der Waals surface area contributed by atoms with E-state index in [1.807, 2.05) is 36.4 Å². The van der Waals surface area contributed by atoms with E-state index in [2.05, 4.69) is 22.5 Å². The van der Waals surface area contributed by atoms with Gasteiger partial charge in [0.1, 0.15) is 5.75 Å². The second-order valence-corrected chi connectivity index (χ2v) is 11.2. The monoisotopic (exact) mass is 595 g/mol. The molecule has 2 bridgehead atoms. The van der Waals surface area contributed by atoms with E-state index in [0.717, 1.165) is 48.7 Å². The molecule has 0 spiro atoms. The van der Waals surface area contributed by atoms with Crippen LogP contribution in [0.25, 0.3) is 10.8 Å². The average Bonchev–Trinajstić information content (AvgIpc) is 2.94. The molecule has 4 nitrogen and oxygen atoms in total. The molecule has 3 aliphatic rings. The maximum Gasteiger partial charge on any atom is 0.416 e. The Hall–Kier alpha value is -3.05. The fraction of sp³-hybridized carbons (Fsp3) is 0.433. The third-order valence-corrected chi connectivity index (χ3v) is 8.66. The standard InChI is InChI=1S/C30H31F6N3OS/c1-3-17-16-39-10-9-19(17)11-26(39)27(24-6-4-5-18-7-8-23(40-2)15-25(18)24)38-28(41)37-22-13-20(29(31,32)33)12-21(14-22)30(34,35)36/h4-8,12-15,17,19,26-27H,3,9-11,16H2,1-2H3,(H2,37,38,41)/t17?,19?,26?,27-/m1/s1. The molecule has 0 aromatic heterocycles. The number of nitrogens with one attached hydrogen (secondary N) is 2. The molecule has 3 heterocycles. The molecule has 2 N–H and O–H groups in total. The van der Waals surface area contributed by atoms with Crippen molar-refractivity contribution >= 4 is 33.8 Å². The first-order valence-corrected chi connectivity index (χ1v) is 14.0. The molecule has 4 unspecified atom stereocenters. The fourth-order valence-electron chi connectivity index (χ4n) is 6.38. The van der Waals surface area contributed by atoms with Gasteiger partial charge in [-0.3, -0.25) is 4.90 Å². The van der Waals surface area contributed by atoms with Gasteiger partial charge in [0.25, 0.3) is 0 Å². The minimum Gasteiger partial charge on any atom is -0.497 e. The lowest BCUT2D eigenvalue weighted by atomic mass is 9.72. The first-order valence-electron chi connectivity index (χ1n) is 13.5. The minimum atomic E-state index is -4.96. The molecule has 3 aromatic carbocycles. The van der Waals surface area contributed by atoms with Crippen molar-refractivity contribution in [1.82, 2.24) is 10.2 Å². The van der Waals surface area contributed by atoms with E-state index in [1.54, 1.807) is 7.11 Å². The van der Waals surface area contributed by atoms with Gasteiger partial charge < -0.3 is 15.4 Å². The number of ether oxygens (including phenoxy) is 1. The van der Waals surface area contributed by atoms with Crippen molar-refractivity contribution in [2.45, 2.75) is 50.6 Å². The molecule has 41 heavy (non-hydrogen) atoms. The Labute approximate surface area is 240 Å². The number of piperidine rings is 3. The molecule has 3 fully saturated rings. The molecule has 3 saturated heterocycles. The number of thiocarbonyl (C=S) groups is 1. The van der Waals surface area contributed by atoms with Gasteiger partial charge in [-0.05, 0) is 90.1 Å². The first kappa shape index (κ1) is 29.4. The smallest absolute Gasteiger partial charge is 0.416 e. The Kier molecular flexibility index (Phi) is 8.13. The number of nitrogens with zero attached hydrogens (tertiary/aromatic N) is 1. The van der Waals surface area contributed by atoms with Crippen LogP contribution < -0.4 is 15.4 Å². The van der Waals surface area contributed by atoms with Gasteiger partial charge >= 0.3 is 12.4 Å². The van der Waals surface area contributed by atoms with Crippen LogP contribution in [0.5, 0.6) is 5.75 Å². The molecule has 0 radical (unpaired) electrons. The van der Waals surface area contributed by atoms with Crippen molar-refractivity contribution in [2.75, 3.05) is 25.5 Å². The number of rotatable bonds is 6. The average molecular weight is 596 g/mol. The Morgan fingerprint density at radius 1 is 1.02 bits per heavy atom. The zero-order chi connectivity index (χ0) is 29.5. The largest absolute Gasteiger partial charge is 0.497 e. The summed E-state index contributed by atoms with van der Waals surface area (Å²) in [6.07, 6.45) is -6.84. The zero-order valence-electron chi connectivity index (χ0n) is 22.6.